The fraction of sp³-hybridized carbons (Fsp3) is 0.647. The number of carbonyl (C=O) groups excluding carboxylic acids is 1. The summed E-state index contributed by atoms with van der Waals surface area (Å²) in [6, 6.07) is 1.45. The molecular formula is C17H24ClFN2O2. The summed E-state index contributed by atoms with van der Waals surface area (Å²) in [5, 5.41) is 0.349. The minimum absolute atomic E-state index is 0.0301. The van der Waals surface area contributed by atoms with Crippen LogP contribution in [0.3, 0.4) is 0 Å². The van der Waals surface area contributed by atoms with Crippen LogP contribution in [-0.4, -0.2) is 34.7 Å². The molecule has 1 saturated heterocycles. The van der Waals surface area contributed by atoms with Crippen molar-refractivity contribution in [3.63, 3.8) is 0 Å². The molecule has 0 aliphatic carbocycles. The van der Waals surface area contributed by atoms with Gasteiger partial charge >= 0.3 is 6.09 Å². The molecule has 1 aromatic heterocycles. The third-order valence-corrected chi connectivity index (χ3v) is 4.46. The van der Waals surface area contributed by atoms with Crippen molar-refractivity contribution in [3.8, 4) is 0 Å². The topological polar surface area (TPSA) is 42.4 Å². The van der Waals surface area contributed by atoms with Crippen LogP contribution in [0, 0.1) is 11.2 Å². The normalized spacial score (nSPS) is 17.9. The van der Waals surface area contributed by atoms with Crippen molar-refractivity contribution in [2.75, 3.05) is 13.1 Å². The van der Waals surface area contributed by atoms with Crippen LogP contribution < -0.4 is 0 Å². The maximum Gasteiger partial charge on any atom is 0.410 e. The number of amides is 1. The van der Waals surface area contributed by atoms with Gasteiger partial charge in [-0.2, -0.15) is 0 Å². The van der Waals surface area contributed by atoms with E-state index in [0.717, 1.165) is 24.6 Å². The predicted molar refractivity (Wildman–Crippen MR) is 88.1 cm³/mol. The average molecular weight is 343 g/mol. The zero-order chi connectivity index (χ0) is 17.3. The van der Waals surface area contributed by atoms with Gasteiger partial charge in [0.05, 0.1) is 6.20 Å². The van der Waals surface area contributed by atoms with Crippen LogP contribution in [0.1, 0.15) is 46.1 Å². The zero-order valence-electron chi connectivity index (χ0n) is 14.2. The highest BCUT2D eigenvalue weighted by Gasteiger charge is 2.34. The Kier molecular flexibility index (Phi) is 5.19. The molecule has 0 atom stereocenters. The lowest BCUT2D eigenvalue weighted by atomic mass is 9.76. The van der Waals surface area contributed by atoms with Crippen LogP contribution in [0.4, 0.5) is 9.18 Å². The van der Waals surface area contributed by atoms with Crippen LogP contribution in [0.15, 0.2) is 12.3 Å². The van der Waals surface area contributed by atoms with Gasteiger partial charge in [0.25, 0.3) is 0 Å². The van der Waals surface area contributed by atoms with Crippen molar-refractivity contribution in [3.05, 3.63) is 28.8 Å². The molecule has 1 fully saturated rings. The summed E-state index contributed by atoms with van der Waals surface area (Å²) in [4.78, 5) is 17.7. The van der Waals surface area contributed by atoms with Gasteiger partial charge in [0.15, 0.2) is 0 Å². The molecule has 1 aliphatic rings. The second kappa shape index (κ2) is 6.63. The highest BCUT2D eigenvalue weighted by molar-refractivity contribution is 6.30. The van der Waals surface area contributed by atoms with E-state index in [1.165, 1.54) is 6.07 Å². The van der Waals surface area contributed by atoms with Crippen molar-refractivity contribution in [2.45, 2.75) is 52.6 Å². The Morgan fingerprint density at radius 2 is 2.04 bits per heavy atom. The smallest absolute Gasteiger partial charge is 0.410 e. The number of hydrogen-bond donors (Lipinski definition) is 0. The van der Waals surface area contributed by atoms with E-state index < -0.39 is 5.60 Å². The molecule has 0 radical (unpaired) electrons. The third kappa shape index (κ3) is 5.06. The first-order valence-corrected chi connectivity index (χ1v) is 8.24. The summed E-state index contributed by atoms with van der Waals surface area (Å²) >= 11 is 6.07. The minimum Gasteiger partial charge on any atom is -0.444 e. The molecular weight excluding hydrogens is 319 g/mol. The quantitative estimate of drug-likeness (QED) is 0.745. The minimum atomic E-state index is -0.488. The van der Waals surface area contributed by atoms with E-state index >= 15 is 0 Å². The first kappa shape index (κ1) is 18.0. The Bertz CT molecular complexity index is 578. The number of piperidine rings is 1. The largest absolute Gasteiger partial charge is 0.444 e. The van der Waals surface area contributed by atoms with Crippen molar-refractivity contribution < 1.29 is 13.9 Å². The summed E-state index contributed by atoms with van der Waals surface area (Å²) in [6.45, 7) is 8.98. The molecule has 0 spiro atoms. The molecule has 1 aliphatic heterocycles. The fourth-order valence-electron chi connectivity index (χ4n) is 2.78. The van der Waals surface area contributed by atoms with E-state index in [0.29, 0.717) is 24.7 Å². The third-order valence-electron chi connectivity index (χ3n) is 4.12. The zero-order valence-corrected chi connectivity index (χ0v) is 14.9. The molecule has 0 unspecified atom stereocenters. The summed E-state index contributed by atoms with van der Waals surface area (Å²) < 4.78 is 18.8. The lowest BCUT2D eigenvalue weighted by Crippen LogP contribution is -2.45. The summed E-state index contributed by atoms with van der Waals surface area (Å²) in [5.74, 6) is -0.376. The fourth-order valence-corrected chi connectivity index (χ4v) is 2.95. The molecule has 1 amide bonds. The summed E-state index contributed by atoms with van der Waals surface area (Å²) in [5.41, 5.74) is 0.204. The van der Waals surface area contributed by atoms with E-state index in [2.05, 4.69) is 11.9 Å². The second-order valence-corrected chi connectivity index (χ2v) is 7.92. The van der Waals surface area contributed by atoms with E-state index in [4.69, 9.17) is 16.3 Å². The Balaban J connectivity index is 1.97. The Labute approximate surface area is 142 Å². The van der Waals surface area contributed by atoms with Crippen molar-refractivity contribution in [1.29, 1.82) is 0 Å². The van der Waals surface area contributed by atoms with Gasteiger partial charge in [-0.25, -0.2) is 14.2 Å². The summed E-state index contributed by atoms with van der Waals surface area (Å²) in [6.07, 6.45) is 3.14. The number of carbonyl (C=O) groups is 1. The van der Waals surface area contributed by atoms with Gasteiger partial charge in [-0.05, 0) is 57.1 Å². The van der Waals surface area contributed by atoms with Crippen LogP contribution >= 0.6 is 11.6 Å². The molecule has 0 aromatic carbocycles. The van der Waals surface area contributed by atoms with E-state index in [1.54, 1.807) is 4.90 Å². The number of hydrogen-bond acceptors (Lipinski definition) is 3. The Morgan fingerprint density at radius 1 is 1.43 bits per heavy atom. The van der Waals surface area contributed by atoms with Gasteiger partial charge in [-0.15, -0.1) is 0 Å². The molecule has 128 valence electrons. The van der Waals surface area contributed by atoms with Crippen LogP contribution in [0.25, 0.3) is 0 Å². The van der Waals surface area contributed by atoms with Crippen LogP contribution in [0.2, 0.25) is 5.15 Å². The number of rotatable bonds is 2. The van der Waals surface area contributed by atoms with Crippen molar-refractivity contribution >= 4 is 17.7 Å². The number of likely N-dealkylation sites (tertiary alicyclic amines) is 1. The molecule has 2 heterocycles. The van der Waals surface area contributed by atoms with Gasteiger partial charge in [-0.3, -0.25) is 0 Å². The molecule has 0 N–H and O–H groups in total. The summed E-state index contributed by atoms with van der Waals surface area (Å²) in [7, 11) is 0. The first-order chi connectivity index (χ1) is 10.6. The molecule has 0 saturated carbocycles. The monoisotopic (exact) mass is 342 g/mol. The van der Waals surface area contributed by atoms with Crippen LogP contribution in [0.5, 0.6) is 0 Å². The Morgan fingerprint density at radius 3 is 2.61 bits per heavy atom. The van der Waals surface area contributed by atoms with E-state index in [1.807, 2.05) is 20.8 Å². The number of ether oxygens (including phenoxy) is 1. The van der Waals surface area contributed by atoms with Gasteiger partial charge in [0.2, 0.25) is 0 Å². The molecule has 2 rings (SSSR count). The average Bonchev–Trinajstić information content (AvgIpc) is 2.41. The van der Waals surface area contributed by atoms with Gasteiger partial charge < -0.3 is 9.64 Å². The predicted octanol–water partition coefficient (Wildman–Crippen LogP) is 4.45. The number of nitrogens with zero attached hydrogens (tertiary/aromatic N) is 2. The standard InChI is InChI=1S/C17H24ClFN2O2/c1-16(2,3)23-15(22)21-7-5-17(4,6-8-21)10-12-9-13(19)11-20-14(12)18/h9,11H,5-8,10H2,1-4H3. The number of pyridine rings is 1. The highest BCUT2D eigenvalue weighted by Crippen LogP contribution is 2.36. The van der Waals surface area contributed by atoms with Crippen molar-refractivity contribution in [2.24, 2.45) is 5.41 Å². The molecule has 23 heavy (non-hydrogen) atoms. The second-order valence-electron chi connectivity index (χ2n) is 7.56. The van der Waals surface area contributed by atoms with Crippen LogP contribution in [-0.2, 0) is 11.2 Å². The Hall–Kier alpha value is -1.36. The maximum atomic E-state index is 13.4. The first-order valence-electron chi connectivity index (χ1n) is 7.86. The molecule has 0 bridgehead atoms. The molecule has 1 aromatic rings. The van der Waals surface area contributed by atoms with Gasteiger partial charge in [0, 0.05) is 13.1 Å². The lowest BCUT2D eigenvalue weighted by molar-refractivity contribution is 0.0119. The van der Waals surface area contributed by atoms with E-state index in [9.17, 15) is 9.18 Å². The molecule has 4 nitrogen and oxygen atoms in total. The number of halogens is 2. The number of aromatic nitrogens is 1. The highest BCUT2D eigenvalue weighted by atomic mass is 35.5. The lowest BCUT2D eigenvalue weighted by Gasteiger charge is -2.40. The van der Waals surface area contributed by atoms with Crippen molar-refractivity contribution in [1.82, 2.24) is 9.88 Å². The van der Waals surface area contributed by atoms with Gasteiger partial charge in [0.1, 0.15) is 16.6 Å². The molecule has 6 heteroatoms. The van der Waals surface area contributed by atoms with Gasteiger partial charge in [-0.1, -0.05) is 18.5 Å². The van der Waals surface area contributed by atoms with E-state index in [-0.39, 0.29) is 17.3 Å². The SMILES string of the molecule is CC1(Cc2cc(F)cnc2Cl)CCN(C(=O)OC(C)(C)C)CC1. The maximum absolute atomic E-state index is 13.4.